The molecule has 4 nitrogen and oxygen atoms in total. The molecule has 0 unspecified atom stereocenters. The molecule has 0 radical (unpaired) electrons. The molecule has 1 heterocycles. The number of H-pyrrole nitrogens is 2. The molecular weight excluding hydrogens is 333 g/mol. The summed E-state index contributed by atoms with van der Waals surface area (Å²) in [5, 5.41) is 6.58. The summed E-state index contributed by atoms with van der Waals surface area (Å²) in [6.07, 6.45) is 0. The number of halogens is 2. The molecule has 118 valence electrons. The summed E-state index contributed by atoms with van der Waals surface area (Å²) >= 11 is 12.3. The Balaban J connectivity index is 1.93. The van der Waals surface area contributed by atoms with Crippen molar-refractivity contribution in [1.29, 1.82) is 0 Å². The number of anilines is 1. The lowest BCUT2D eigenvalue weighted by molar-refractivity contribution is 0.776. The highest BCUT2D eigenvalue weighted by Crippen LogP contribution is 2.27. The summed E-state index contributed by atoms with van der Waals surface area (Å²) < 4.78 is 0. The van der Waals surface area contributed by atoms with Crippen molar-refractivity contribution in [3.8, 4) is 0 Å². The number of hydrogen-bond acceptors (Lipinski definition) is 2. The molecule has 0 atom stereocenters. The molecule has 0 aliphatic heterocycles. The summed E-state index contributed by atoms with van der Waals surface area (Å²) in [6.45, 7) is 1.20. The minimum absolute atomic E-state index is 0.149. The van der Waals surface area contributed by atoms with E-state index in [2.05, 4.69) is 27.2 Å². The van der Waals surface area contributed by atoms with E-state index in [1.54, 1.807) is 12.1 Å². The Morgan fingerprint density at radius 2 is 1.57 bits per heavy atom. The van der Waals surface area contributed by atoms with Gasteiger partial charge in [-0.25, -0.2) is 0 Å². The molecule has 0 saturated heterocycles. The maximum Gasteiger partial charge on any atom is 0.264 e. The van der Waals surface area contributed by atoms with Crippen LogP contribution in [0.25, 0.3) is 0 Å². The molecule has 2 aromatic carbocycles. The molecule has 0 aliphatic rings. The highest BCUT2D eigenvalue weighted by atomic mass is 35.5. The molecule has 0 amide bonds. The van der Waals surface area contributed by atoms with Crippen molar-refractivity contribution in [1.82, 2.24) is 10.2 Å². The molecule has 6 heteroatoms. The first-order chi connectivity index (χ1) is 11.1. The van der Waals surface area contributed by atoms with Crippen LogP contribution in [0.15, 0.2) is 59.4 Å². The molecule has 3 rings (SSSR count). The lowest BCUT2D eigenvalue weighted by Gasteiger charge is -2.25. The van der Waals surface area contributed by atoms with Crippen LogP contribution in [-0.4, -0.2) is 10.2 Å². The van der Waals surface area contributed by atoms with E-state index in [-0.39, 0.29) is 5.56 Å². The Kier molecular flexibility index (Phi) is 4.74. The zero-order chi connectivity index (χ0) is 16.2. The first-order valence-electron chi connectivity index (χ1n) is 7.12. The SMILES string of the molecule is O=c1cc(CN(Cc2ccccc2)c2cc(Cl)cc(Cl)c2)[nH][nH]1. The van der Waals surface area contributed by atoms with Gasteiger partial charge >= 0.3 is 0 Å². The van der Waals surface area contributed by atoms with Gasteiger partial charge in [-0.3, -0.25) is 9.89 Å². The van der Waals surface area contributed by atoms with Crippen LogP contribution in [0.2, 0.25) is 10.0 Å². The topological polar surface area (TPSA) is 51.9 Å². The van der Waals surface area contributed by atoms with E-state index in [1.807, 2.05) is 30.3 Å². The molecule has 1 aromatic heterocycles. The molecule has 23 heavy (non-hydrogen) atoms. The Hall–Kier alpha value is -2.17. The van der Waals surface area contributed by atoms with Crippen molar-refractivity contribution in [2.75, 3.05) is 4.90 Å². The Bertz CT molecular complexity index is 822. The molecule has 3 aromatic rings. The van der Waals surface area contributed by atoms with Gasteiger partial charge in [-0.2, -0.15) is 0 Å². The summed E-state index contributed by atoms with van der Waals surface area (Å²) in [4.78, 5) is 13.4. The van der Waals surface area contributed by atoms with Crippen LogP contribution in [0, 0.1) is 0 Å². The third kappa shape index (κ3) is 4.18. The van der Waals surface area contributed by atoms with E-state index >= 15 is 0 Å². The fourth-order valence-electron chi connectivity index (χ4n) is 2.43. The smallest absolute Gasteiger partial charge is 0.264 e. The highest BCUT2D eigenvalue weighted by Gasteiger charge is 2.11. The average Bonchev–Trinajstić information content (AvgIpc) is 2.92. The van der Waals surface area contributed by atoms with E-state index in [1.165, 1.54) is 0 Å². The van der Waals surface area contributed by atoms with Crippen LogP contribution in [-0.2, 0) is 13.1 Å². The summed E-state index contributed by atoms with van der Waals surface area (Å²) in [5.41, 5.74) is 2.70. The van der Waals surface area contributed by atoms with Crippen molar-refractivity contribution < 1.29 is 0 Å². The minimum Gasteiger partial charge on any atom is -0.361 e. The molecule has 0 saturated carbocycles. The van der Waals surface area contributed by atoms with Gasteiger partial charge in [0.05, 0.1) is 12.2 Å². The second-order valence-corrected chi connectivity index (χ2v) is 6.13. The number of benzene rings is 2. The number of nitrogens with one attached hydrogen (secondary N) is 2. The van der Waals surface area contributed by atoms with Gasteiger partial charge in [0.15, 0.2) is 0 Å². The zero-order valence-corrected chi connectivity index (χ0v) is 13.7. The van der Waals surface area contributed by atoms with Gasteiger partial charge in [0.25, 0.3) is 5.56 Å². The van der Waals surface area contributed by atoms with E-state index in [9.17, 15) is 4.79 Å². The van der Waals surface area contributed by atoms with E-state index < -0.39 is 0 Å². The van der Waals surface area contributed by atoms with Gasteiger partial charge in [-0.05, 0) is 23.8 Å². The standard InChI is InChI=1S/C17H15Cl2N3O/c18-13-6-14(19)8-16(7-13)22(10-12-4-2-1-3-5-12)11-15-9-17(23)21-20-15/h1-9H,10-11H2,(H2,20,21,23). The van der Waals surface area contributed by atoms with Crippen molar-refractivity contribution in [3.05, 3.63) is 86.3 Å². The first-order valence-corrected chi connectivity index (χ1v) is 7.87. The second kappa shape index (κ2) is 6.94. The number of aromatic nitrogens is 2. The largest absolute Gasteiger partial charge is 0.361 e. The zero-order valence-electron chi connectivity index (χ0n) is 12.2. The lowest BCUT2D eigenvalue weighted by Crippen LogP contribution is -2.22. The lowest BCUT2D eigenvalue weighted by atomic mass is 10.2. The average molecular weight is 348 g/mol. The van der Waals surface area contributed by atoms with Crippen molar-refractivity contribution in [3.63, 3.8) is 0 Å². The molecule has 0 fully saturated rings. The minimum atomic E-state index is -0.149. The predicted octanol–water partition coefficient (Wildman–Crippen LogP) is 4.22. The van der Waals surface area contributed by atoms with Gasteiger partial charge in [0, 0.05) is 28.3 Å². The monoisotopic (exact) mass is 347 g/mol. The second-order valence-electron chi connectivity index (χ2n) is 5.25. The van der Waals surface area contributed by atoms with Gasteiger partial charge in [-0.15, -0.1) is 0 Å². The van der Waals surface area contributed by atoms with Gasteiger partial charge in [0.1, 0.15) is 0 Å². The third-order valence-corrected chi connectivity index (χ3v) is 3.88. The Morgan fingerprint density at radius 3 is 2.17 bits per heavy atom. The summed E-state index contributed by atoms with van der Waals surface area (Å²) in [6, 6.07) is 17.1. The van der Waals surface area contributed by atoms with Gasteiger partial charge in [-0.1, -0.05) is 53.5 Å². The van der Waals surface area contributed by atoms with Crippen molar-refractivity contribution >= 4 is 28.9 Å². The van der Waals surface area contributed by atoms with Crippen LogP contribution < -0.4 is 10.5 Å². The number of rotatable bonds is 5. The third-order valence-electron chi connectivity index (χ3n) is 3.44. The summed E-state index contributed by atoms with van der Waals surface area (Å²) in [5.74, 6) is 0. The maximum atomic E-state index is 11.3. The fourth-order valence-corrected chi connectivity index (χ4v) is 2.94. The van der Waals surface area contributed by atoms with E-state index in [0.29, 0.717) is 23.1 Å². The number of hydrogen-bond donors (Lipinski definition) is 2. The van der Waals surface area contributed by atoms with Crippen LogP contribution in [0.4, 0.5) is 5.69 Å². The van der Waals surface area contributed by atoms with Crippen molar-refractivity contribution in [2.45, 2.75) is 13.1 Å². The first kappa shape index (κ1) is 15.7. The number of nitrogens with zero attached hydrogens (tertiary/aromatic N) is 1. The molecule has 0 aliphatic carbocycles. The fraction of sp³-hybridized carbons (Fsp3) is 0.118. The number of aromatic amines is 2. The Morgan fingerprint density at radius 1 is 0.870 bits per heavy atom. The Labute approximate surface area is 143 Å². The molecule has 0 spiro atoms. The van der Waals surface area contributed by atoms with E-state index in [4.69, 9.17) is 23.2 Å². The van der Waals surface area contributed by atoms with Crippen LogP contribution in [0.1, 0.15) is 11.3 Å². The normalized spacial score (nSPS) is 10.7. The quantitative estimate of drug-likeness (QED) is 0.725. The van der Waals surface area contributed by atoms with Gasteiger partial charge < -0.3 is 10.00 Å². The van der Waals surface area contributed by atoms with Crippen LogP contribution in [0.3, 0.4) is 0 Å². The predicted molar refractivity (Wildman–Crippen MR) is 94.2 cm³/mol. The highest BCUT2D eigenvalue weighted by molar-refractivity contribution is 6.35. The van der Waals surface area contributed by atoms with Crippen LogP contribution in [0.5, 0.6) is 0 Å². The maximum absolute atomic E-state index is 11.3. The molecular formula is C17H15Cl2N3O. The van der Waals surface area contributed by atoms with E-state index in [0.717, 1.165) is 16.9 Å². The van der Waals surface area contributed by atoms with Crippen molar-refractivity contribution in [2.24, 2.45) is 0 Å². The molecule has 0 bridgehead atoms. The van der Waals surface area contributed by atoms with Gasteiger partial charge in [0.2, 0.25) is 0 Å². The van der Waals surface area contributed by atoms with Crippen LogP contribution >= 0.6 is 23.2 Å². The summed E-state index contributed by atoms with van der Waals surface area (Å²) in [7, 11) is 0. The molecule has 2 N–H and O–H groups in total.